The van der Waals surface area contributed by atoms with Gasteiger partial charge in [-0.2, -0.15) is 0 Å². The van der Waals surface area contributed by atoms with Crippen LogP contribution in [0.4, 0.5) is 11.6 Å². The minimum atomic E-state index is -0.0599. The van der Waals surface area contributed by atoms with Gasteiger partial charge in [0.1, 0.15) is 5.75 Å². The lowest BCUT2D eigenvalue weighted by Gasteiger charge is -2.12. The molecule has 0 radical (unpaired) electrons. The Morgan fingerprint density at radius 3 is 2.38 bits per heavy atom. The Kier molecular flexibility index (Phi) is 5.62. The molecule has 3 aromatic carbocycles. The number of aromatic nitrogens is 1. The summed E-state index contributed by atoms with van der Waals surface area (Å²) >= 11 is 0. The smallest absolute Gasteiger partial charge is 0.262 e. The monoisotopic (exact) mass is 452 g/mol. The number of aryl methyl sites for hydroxylation is 2. The molecule has 0 aliphatic rings. The summed E-state index contributed by atoms with van der Waals surface area (Å²) < 4.78 is 14.1. The fourth-order valence-corrected chi connectivity index (χ4v) is 4.46. The Labute approximate surface area is 198 Å². The van der Waals surface area contributed by atoms with Crippen LogP contribution in [0.1, 0.15) is 26.3 Å². The van der Waals surface area contributed by atoms with Gasteiger partial charge in [0.05, 0.1) is 22.6 Å². The molecule has 0 aliphatic heterocycles. The molecule has 2 aromatic heterocycles. The molecule has 0 aliphatic carbocycles. The maximum atomic E-state index is 13.8. The summed E-state index contributed by atoms with van der Waals surface area (Å²) in [6, 6.07) is 23.8. The molecule has 0 amide bonds. The number of rotatable bonds is 6. The standard InChI is InChI=1S/C29H28N2O3/c1-5-31-24-13-9-7-11-22(24)27-26(29(31)32)25(20-14-16-21(17-15-20)33-18(2)3)28(34-27)30-23-12-8-6-10-19(23)4/h6-18,30H,5H2,1-4H3. The fourth-order valence-electron chi connectivity index (χ4n) is 4.46. The van der Waals surface area contributed by atoms with E-state index in [4.69, 9.17) is 9.15 Å². The number of anilines is 2. The van der Waals surface area contributed by atoms with Crippen LogP contribution >= 0.6 is 0 Å². The van der Waals surface area contributed by atoms with E-state index < -0.39 is 0 Å². The average Bonchev–Trinajstić information content (AvgIpc) is 3.21. The third kappa shape index (κ3) is 3.73. The van der Waals surface area contributed by atoms with Crippen molar-refractivity contribution < 1.29 is 9.15 Å². The average molecular weight is 453 g/mol. The van der Waals surface area contributed by atoms with Crippen molar-refractivity contribution in [2.75, 3.05) is 5.32 Å². The van der Waals surface area contributed by atoms with Crippen molar-refractivity contribution in [2.24, 2.45) is 0 Å². The second-order valence-corrected chi connectivity index (χ2v) is 8.71. The molecule has 1 N–H and O–H groups in total. The molecule has 5 nitrogen and oxygen atoms in total. The van der Waals surface area contributed by atoms with Gasteiger partial charge in [-0.15, -0.1) is 0 Å². The number of pyridine rings is 1. The number of hydrogen-bond donors (Lipinski definition) is 1. The molecule has 0 spiro atoms. The van der Waals surface area contributed by atoms with Crippen molar-refractivity contribution in [1.29, 1.82) is 0 Å². The maximum absolute atomic E-state index is 13.8. The van der Waals surface area contributed by atoms with Gasteiger partial charge in [-0.05, 0) is 69.2 Å². The van der Waals surface area contributed by atoms with Crippen molar-refractivity contribution in [3.8, 4) is 16.9 Å². The van der Waals surface area contributed by atoms with Crippen LogP contribution in [0.2, 0.25) is 0 Å². The van der Waals surface area contributed by atoms with Gasteiger partial charge < -0.3 is 19.0 Å². The number of nitrogens with zero attached hydrogens (tertiary/aromatic N) is 1. The molecule has 5 rings (SSSR count). The zero-order valence-electron chi connectivity index (χ0n) is 19.9. The van der Waals surface area contributed by atoms with Gasteiger partial charge >= 0.3 is 0 Å². The predicted molar refractivity (Wildman–Crippen MR) is 139 cm³/mol. The minimum absolute atomic E-state index is 0.0599. The van der Waals surface area contributed by atoms with Crippen LogP contribution in [-0.4, -0.2) is 10.7 Å². The molecule has 0 bridgehead atoms. The Morgan fingerprint density at radius 1 is 0.971 bits per heavy atom. The van der Waals surface area contributed by atoms with E-state index in [0.717, 1.165) is 39.0 Å². The van der Waals surface area contributed by atoms with Crippen LogP contribution in [0.25, 0.3) is 33.0 Å². The van der Waals surface area contributed by atoms with Crippen molar-refractivity contribution in [3.63, 3.8) is 0 Å². The lowest BCUT2D eigenvalue weighted by atomic mass is 10.0. The lowest BCUT2D eigenvalue weighted by molar-refractivity contribution is 0.242. The lowest BCUT2D eigenvalue weighted by Crippen LogP contribution is -2.19. The first kappa shape index (κ1) is 21.8. The number of fused-ring (bicyclic) bond motifs is 3. The summed E-state index contributed by atoms with van der Waals surface area (Å²) in [4.78, 5) is 13.8. The van der Waals surface area contributed by atoms with Gasteiger partial charge in [-0.25, -0.2) is 0 Å². The molecule has 0 unspecified atom stereocenters. The van der Waals surface area contributed by atoms with Crippen LogP contribution in [0.5, 0.6) is 5.75 Å². The van der Waals surface area contributed by atoms with Gasteiger partial charge in [-0.3, -0.25) is 4.79 Å². The van der Waals surface area contributed by atoms with E-state index in [0.29, 0.717) is 23.4 Å². The number of furan rings is 1. The second kappa shape index (κ2) is 8.75. The van der Waals surface area contributed by atoms with E-state index in [1.165, 1.54) is 0 Å². The third-order valence-corrected chi connectivity index (χ3v) is 6.03. The molecule has 0 saturated carbocycles. The molecule has 0 fully saturated rings. The van der Waals surface area contributed by atoms with Crippen LogP contribution < -0.4 is 15.6 Å². The minimum Gasteiger partial charge on any atom is -0.491 e. The number of ether oxygens (including phenoxy) is 1. The highest BCUT2D eigenvalue weighted by Gasteiger charge is 2.23. The fraction of sp³-hybridized carbons (Fsp3) is 0.207. The van der Waals surface area contributed by atoms with Crippen molar-refractivity contribution >= 4 is 33.4 Å². The summed E-state index contributed by atoms with van der Waals surface area (Å²) in [7, 11) is 0. The number of benzene rings is 3. The van der Waals surface area contributed by atoms with Gasteiger partial charge in [0, 0.05) is 17.6 Å². The van der Waals surface area contributed by atoms with E-state index in [1.807, 2.05) is 105 Å². The zero-order valence-corrected chi connectivity index (χ0v) is 19.9. The predicted octanol–water partition coefficient (Wildman–Crippen LogP) is 7.27. The van der Waals surface area contributed by atoms with Gasteiger partial charge in [0.15, 0.2) is 5.58 Å². The van der Waals surface area contributed by atoms with Crippen molar-refractivity contribution in [2.45, 2.75) is 40.3 Å². The molecule has 172 valence electrons. The van der Waals surface area contributed by atoms with E-state index in [9.17, 15) is 4.79 Å². The quantitative estimate of drug-likeness (QED) is 0.294. The van der Waals surface area contributed by atoms with E-state index in [-0.39, 0.29) is 11.7 Å². The van der Waals surface area contributed by atoms with Gasteiger partial charge in [0.2, 0.25) is 5.88 Å². The summed E-state index contributed by atoms with van der Waals surface area (Å²) in [5, 5.41) is 4.95. The van der Waals surface area contributed by atoms with E-state index in [1.54, 1.807) is 0 Å². The highest BCUT2D eigenvalue weighted by molar-refractivity contribution is 6.11. The zero-order chi connectivity index (χ0) is 23.8. The summed E-state index contributed by atoms with van der Waals surface area (Å²) in [6.07, 6.45) is 0.0852. The molecular formula is C29H28N2O3. The second-order valence-electron chi connectivity index (χ2n) is 8.71. The van der Waals surface area contributed by atoms with Gasteiger partial charge in [0.25, 0.3) is 5.56 Å². The van der Waals surface area contributed by atoms with Crippen molar-refractivity contribution in [1.82, 2.24) is 4.57 Å². The molecule has 2 heterocycles. The molecular weight excluding hydrogens is 424 g/mol. The Hall–Kier alpha value is -3.99. The highest BCUT2D eigenvalue weighted by atomic mass is 16.5. The summed E-state index contributed by atoms with van der Waals surface area (Å²) in [6.45, 7) is 8.60. The summed E-state index contributed by atoms with van der Waals surface area (Å²) in [5.74, 6) is 1.34. The Bertz CT molecular complexity index is 1540. The van der Waals surface area contributed by atoms with E-state index in [2.05, 4.69) is 5.32 Å². The number of para-hydroxylation sites is 2. The first-order chi connectivity index (χ1) is 16.5. The van der Waals surface area contributed by atoms with Crippen LogP contribution in [0.3, 0.4) is 0 Å². The molecule has 0 atom stereocenters. The van der Waals surface area contributed by atoms with Crippen LogP contribution in [0.15, 0.2) is 82.0 Å². The molecule has 5 heteroatoms. The SMILES string of the molecule is CCn1c(=O)c2c(-c3ccc(OC(C)C)cc3)c(Nc3ccccc3C)oc2c2ccccc21. The normalized spacial score (nSPS) is 11.4. The number of hydrogen-bond acceptors (Lipinski definition) is 4. The van der Waals surface area contributed by atoms with E-state index >= 15 is 0 Å². The van der Waals surface area contributed by atoms with Crippen LogP contribution in [-0.2, 0) is 6.54 Å². The molecule has 0 saturated heterocycles. The molecule has 5 aromatic rings. The highest BCUT2D eigenvalue weighted by Crippen LogP contribution is 2.41. The van der Waals surface area contributed by atoms with Gasteiger partial charge in [-0.1, -0.05) is 42.5 Å². The molecule has 34 heavy (non-hydrogen) atoms. The number of nitrogens with one attached hydrogen (secondary N) is 1. The Morgan fingerprint density at radius 2 is 1.68 bits per heavy atom. The van der Waals surface area contributed by atoms with Crippen LogP contribution in [0, 0.1) is 6.92 Å². The first-order valence-corrected chi connectivity index (χ1v) is 11.7. The Balaban J connectivity index is 1.81. The third-order valence-electron chi connectivity index (χ3n) is 6.03. The first-order valence-electron chi connectivity index (χ1n) is 11.7. The largest absolute Gasteiger partial charge is 0.491 e. The summed E-state index contributed by atoms with van der Waals surface area (Å²) in [5.41, 5.74) is 5.07. The van der Waals surface area contributed by atoms with Crippen molar-refractivity contribution in [3.05, 3.63) is 88.7 Å². The maximum Gasteiger partial charge on any atom is 0.262 e. The topological polar surface area (TPSA) is 56.4 Å².